The van der Waals surface area contributed by atoms with E-state index in [-0.39, 0.29) is 30.7 Å². The average molecular weight is 426 g/mol. The van der Waals surface area contributed by atoms with Gasteiger partial charge in [0, 0.05) is 30.3 Å². The monoisotopic (exact) mass is 425 g/mol. The van der Waals surface area contributed by atoms with E-state index >= 15 is 0 Å². The zero-order chi connectivity index (χ0) is 20.8. The van der Waals surface area contributed by atoms with Gasteiger partial charge in [0.05, 0.1) is 18.8 Å². The van der Waals surface area contributed by atoms with E-state index in [0.717, 1.165) is 44.0 Å². The molecule has 2 amide bonds. The van der Waals surface area contributed by atoms with Crippen LogP contribution in [0.15, 0.2) is 12.1 Å². The van der Waals surface area contributed by atoms with Crippen LogP contribution in [-0.2, 0) is 9.53 Å². The lowest BCUT2D eigenvalue weighted by molar-refractivity contribution is -0.121. The van der Waals surface area contributed by atoms with E-state index in [1.807, 2.05) is 6.92 Å². The number of aromatic hydroxyl groups is 1. The molecule has 7 nitrogen and oxygen atoms in total. The van der Waals surface area contributed by atoms with E-state index < -0.39 is 18.0 Å². The van der Waals surface area contributed by atoms with Crippen LogP contribution in [0, 0.1) is 5.82 Å². The molecule has 160 valence electrons. The fourth-order valence-electron chi connectivity index (χ4n) is 3.69. The number of benzene rings is 1. The van der Waals surface area contributed by atoms with Gasteiger partial charge >= 0.3 is 6.09 Å². The number of carbonyl (C=O) groups excluding carboxylic acids is 2. The zero-order valence-electron chi connectivity index (χ0n) is 16.6. The Kier molecular flexibility index (Phi) is 7.60. The predicted octanol–water partition coefficient (Wildman–Crippen LogP) is 3.28. The number of hydrogen-bond acceptors (Lipinski definition) is 6. The Morgan fingerprint density at radius 2 is 2.28 bits per heavy atom. The van der Waals surface area contributed by atoms with E-state index in [2.05, 4.69) is 10.0 Å². The standard InChI is InChI=1S/C20H28FN3O4S/c1-2-4-18(25)22-11-15-12-24(20(27)28-15)14-9-16(19(26)17(21)10-14)13-5-3-8-29-23-7-6-13/h9-10,13,15,23,26H,2-8,11-12H2,1H3,(H,22,25)/t13?,15-/m0/s1. The highest BCUT2D eigenvalue weighted by Crippen LogP contribution is 2.38. The van der Waals surface area contributed by atoms with Crippen LogP contribution in [0.5, 0.6) is 5.75 Å². The van der Waals surface area contributed by atoms with Crippen LogP contribution in [0.2, 0.25) is 0 Å². The molecule has 2 fully saturated rings. The van der Waals surface area contributed by atoms with Crippen LogP contribution in [0.1, 0.15) is 50.5 Å². The first-order valence-electron chi connectivity index (χ1n) is 10.1. The van der Waals surface area contributed by atoms with Crippen molar-refractivity contribution in [2.75, 3.05) is 30.3 Å². The smallest absolute Gasteiger partial charge is 0.414 e. The molecule has 29 heavy (non-hydrogen) atoms. The van der Waals surface area contributed by atoms with Crippen molar-refractivity contribution in [2.24, 2.45) is 0 Å². The van der Waals surface area contributed by atoms with Crippen LogP contribution in [-0.4, -0.2) is 48.6 Å². The molecule has 0 aromatic heterocycles. The SMILES string of the molecule is CCCC(=O)NC[C@H]1CN(c2cc(F)c(O)c(C3CCCSNCC3)c2)C(=O)O1. The van der Waals surface area contributed by atoms with Gasteiger partial charge in [0.2, 0.25) is 5.91 Å². The summed E-state index contributed by atoms with van der Waals surface area (Å²) in [4.78, 5) is 25.3. The van der Waals surface area contributed by atoms with Gasteiger partial charge in [-0.2, -0.15) is 0 Å². The van der Waals surface area contributed by atoms with E-state index in [0.29, 0.717) is 17.7 Å². The first-order chi connectivity index (χ1) is 14.0. The van der Waals surface area contributed by atoms with Gasteiger partial charge in [-0.1, -0.05) is 18.9 Å². The molecule has 0 spiro atoms. The van der Waals surface area contributed by atoms with Crippen molar-refractivity contribution in [1.82, 2.24) is 10.0 Å². The van der Waals surface area contributed by atoms with E-state index in [1.54, 1.807) is 18.0 Å². The Balaban J connectivity index is 1.73. The lowest BCUT2D eigenvalue weighted by atomic mass is 9.90. The summed E-state index contributed by atoms with van der Waals surface area (Å²) in [5.74, 6) is -0.197. The van der Waals surface area contributed by atoms with Gasteiger partial charge in [-0.25, -0.2) is 9.18 Å². The Hall–Kier alpha value is -2.00. The number of halogens is 1. The number of nitrogens with one attached hydrogen (secondary N) is 2. The third-order valence-corrected chi connectivity index (χ3v) is 6.10. The second kappa shape index (κ2) is 10.2. The van der Waals surface area contributed by atoms with Crippen molar-refractivity contribution in [3.63, 3.8) is 0 Å². The van der Waals surface area contributed by atoms with E-state index in [4.69, 9.17) is 4.74 Å². The van der Waals surface area contributed by atoms with Gasteiger partial charge in [0.1, 0.15) is 6.10 Å². The topological polar surface area (TPSA) is 90.9 Å². The quantitative estimate of drug-likeness (QED) is 0.606. The summed E-state index contributed by atoms with van der Waals surface area (Å²) >= 11 is 1.68. The molecule has 1 unspecified atom stereocenters. The van der Waals surface area contributed by atoms with Crippen LogP contribution >= 0.6 is 11.9 Å². The van der Waals surface area contributed by atoms with Crippen molar-refractivity contribution in [2.45, 2.75) is 51.0 Å². The molecule has 0 radical (unpaired) electrons. The fourth-order valence-corrected chi connectivity index (χ4v) is 4.41. The average Bonchev–Trinajstić information content (AvgIpc) is 3.03. The molecule has 2 heterocycles. The van der Waals surface area contributed by atoms with Gasteiger partial charge in [0.25, 0.3) is 0 Å². The summed E-state index contributed by atoms with van der Waals surface area (Å²) in [5, 5.41) is 13.1. The number of cyclic esters (lactones) is 1. The Bertz CT molecular complexity index is 741. The summed E-state index contributed by atoms with van der Waals surface area (Å²) in [6.07, 6.45) is 2.68. The molecule has 1 aromatic carbocycles. The molecule has 2 atom stereocenters. The number of hydrogen-bond donors (Lipinski definition) is 3. The number of carbonyl (C=O) groups is 2. The Labute approximate surface area is 174 Å². The van der Waals surface area contributed by atoms with Crippen LogP contribution < -0.4 is 14.9 Å². The lowest BCUT2D eigenvalue weighted by Crippen LogP contribution is -2.34. The molecule has 2 aliphatic rings. The Morgan fingerprint density at radius 3 is 3.07 bits per heavy atom. The minimum Gasteiger partial charge on any atom is -0.505 e. The first-order valence-corrected chi connectivity index (χ1v) is 11.1. The van der Waals surface area contributed by atoms with Gasteiger partial charge in [0.15, 0.2) is 11.6 Å². The summed E-state index contributed by atoms with van der Waals surface area (Å²) in [6.45, 7) is 3.13. The van der Waals surface area contributed by atoms with Crippen LogP contribution in [0.3, 0.4) is 0 Å². The predicted molar refractivity (Wildman–Crippen MR) is 111 cm³/mol. The largest absolute Gasteiger partial charge is 0.505 e. The highest BCUT2D eigenvalue weighted by Gasteiger charge is 2.34. The second-order valence-corrected chi connectivity index (χ2v) is 8.39. The summed E-state index contributed by atoms with van der Waals surface area (Å²) in [5.41, 5.74) is 0.897. The number of amides is 2. The third-order valence-electron chi connectivity index (χ3n) is 5.20. The second-order valence-electron chi connectivity index (χ2n) is 7.41. The summed E-state index contributed by atoms with van der Waals surface area (Å²) in [7, 11) is 0. The number of rotatable bonds is 6. The molecule has 3 rings (SSSR count). The molecule has 2 aliphatic heterocycles. The Morgan fingerprint density at radius 1 is 1.45 bits per heavy atom. The third kappa shape index (κ3) is 5.54. The summed E-state index contributed by atoms with van der Waals surface area (Å²) in [6, 6.07) is 2.85. The number of phenols is 1. The molecule has 0 aliphatic carbocycles. The molecular formula is C20H28FN3O4S. The highest BCUT2D eigenvalue weighted by molar-refractivity contribution is 7.97. The molecule has 0 saturated carbocycles. The van der Waals surface area contributed by atoms with Gasteiger partial charge in [-0.3, -0.25) is 14.4 Å². The number of anilines is 1. The molecule has 9 heteroatoms. The maximum atomic E-state index is 14.5. The minimum atomic E-state index is -0.741. The van der Waals surface area contributed by atoms with Crippen LogP contribution in [0.4, 0.5) is 14.9 Å². The normalized spacial score (nSPS) is 22.7. The minimum absolute atomic E-state index is 0.0144. The molecule has 1 aromatic rings. The number of phenolic OH excluding ortho intramolecular Hbond substituents is 1. The van der Waals surface area contributed by atoms with E-state index in [9.17, 15) is 19.1 Å². The summed E-state index contributed by atoms with van der Waals surface area (Å²) < 4.78 is 23.1. The van der Waals surface area contributed by atoms with Crippen molar-refractivity contribution in [3.8, 4) is 5.75 Å². The molecule has 3 N–H and O–H groups in total. The van der Waals surface area contributed by atoms with Gasteiger partial charge in [-0.05, 0) is 37.7 Å². The highest BCUT2D eigenvalue weighted by atomic mass is 32.2. The molecule has 0 bridgehead atoms. The first kappa shape index (κ1) is 21.7. The lowest BCUT2D eigenvalue weighted by Gasteiger charge is -2.23. The fraction of sp³-hybridized carbons (Fsp3) is 0.600. The van der Waals surface area contributed by atoms with Crippen molar-refractivity contribution in [3.05, 3.63) is 23.5 Å². The van der Waals surface area contributed by atoms with Crippen molar-refractivity contribution >= 4 is 29.6 Å². The molecular weight excluding hydrogens is 397 g/mol. The molecule has 2 saturated heterocycles. The number of ether oxygens (including phenoxy) is 1. The zero-order valence-corrected chi connectivity index (χ0v) is 17.4. The van der Waals surface area contributed by atoms with Crippen molar-refractivity contribution < 1.29 is 23.8 Å². The van der Waals surface area contributed by atoms with Gasteiger partial charge < -0.3 is 15.2 Å². The van der Waals surface area contributed by atoms with E-state index in [1.165, 1.54) is 4.90 Å². The maximum absolute atomic E-state index is 14.5. The van der Waals surface area contributed by atoms with Crippen LogP contribution in [0.25, 0.3) is 0 Å². The van der Waals surface area contributed by atoms with Crippen molar-refractivity contribution in [1.29, 1.82) is 0 Å². The number of nitrogens with zero attached hydrogens (tertiary/aromatic N) is 1. The van der Waals surface area contributed by atoms with Gasteiger partial charge in [-0.15, -0.1) is 0 Å². The maximum Gasteiger partial charge on any atom is 0.414 e.